The van der Waals surface area contributed by atoms with E-state index in [2.05, 4.69) is 11.6 Å². The molecular weight excluding hydrogens is 100 g/mol. The van der Waals surface area contributed by atoms with Crippen LogP contribution in [0.3, 0.4) is 0 Å². The summed E-state index contributed by atoms with van der Waals surface area (Å²) < 4.78 is 0. The molecule has 1 rings (SSSR count). The second-order valence-corrected chi connectivity index (χ2v) is 1.57. The number of nitrogen functional groups attached to an aromatic ring is 1. The molecule has 0 atom stereocenters. The van der Waals surface area contributed by atoms with E-state index in [1.165, 1.54) is 0 Å². The summed E-state index contributed by atoms with van der Waals surface area (Å²) in [6.07, 6.45) is 1.72. The lowest BCUT2D eigenvalue weighted by atomic mass is 10.4. The van der Waals surface area contributed by atoms with Crippen molar-refractivity contribution >= 4 is 11.9 Å². The van der Waals surface area contributed by atoms with Crippen molar-refractivity contribution in [3.05, 3.63) is 24.4 Å². The van der Waals surface area contributed by atoms with E-state index in [4.69, 9.17) is 5.73 Å². The molecule has 2 heteroatoms. The quantitative estimate of drug-likeness (QED) is 0.558. The van der Waals surface area contributed by atoms with Gasteiger partial charge in [-0.2, -0.15) is 0 Å². The first-order chi connectivity index (χ1) is 3.83. The first-order valence-electron chi connectivity index (χ1n) is 2.40. The Balaban J connectivity index is 3.00. The Morgan fingerprint density at radius 2 is 2.38 bits per heavy atom. The second kappa shape index (κ2) is 1.74. The van der Waals surface area contributed by atoms with Crippen molar-refractivity contribution in [3.8, 4) is 0 Å². The second-order valence-electron chi connectivity index (χ2n) is 1.57. The number of anilines is 1. The van der Waals surface area contributed by atoms with E-state index in [-0.39, 0.29) is 0 Å². The predicted molar refractivity (Wildman–Crippen MR) is 35.3 cm³/mol. The lowest BCUT2D eigenvalue weighted by molar-refractivity contribution is 1.38. The molecule has 0 saturated carbocycles. The average Bonchev–Trinajstić information content (AvgIpc) is 2.14. The third kappa shape index (κ3) is 0.729. The Morgan fingerprint density at radius 1 is 1.62 bits per heavy atom. The summed E-state index contributed by atoms with van der Waals surface area (Å²) in [6, 6.07) is 3.68. The maximum Gasteiger partial charge on any atom is 0.100 e. The number of aromatic nitrogens is 1. The van der Waals surface area contributed by atoms with Gasteiger partial charge in [-0.05, 0) is 18.2 Å². The summed E-state index contributed by atoms with van der Waals surface area (Å²) in [6.45, 7) is 3.56. The maximum absolute atomic E-state index is 5.35. The molecule has 0 unspecified atom stereocenters. The Kier molecular flexibility index (Phi) is 1.08. The van der Waals surface area contributed by atoms with Crippen molar-refractivity contribution in [2.24, 2.45) is 0 Å². The Morgan fingerprint density at radius 3 is 2.62 bits per heavy atom. The van der Waals surface area contributed by atoms with Gasteiger partial charge in [0.1, 0.15) is 5.82 Å². The molecule has 1 heterocycles. The third-order valence-electron chi connectivity index (χ3n) is 0.951. The fraction of sp³-hybridized carbons (Fsp3) is 0. The van der Waals surface area contributed by atoms with E-state index in [0.717, 1.165) is 5.69 Å². The minimum absolute atomic E-state index is 0.680. The molecule has 0 fully saturated rings. The molecule has 42 valence electrons. The van der Waals surface area contributed by atoms with Crippen LogP contribution in [0.2, 0.25) is 0 Å². The highest BCUT2D eigenvalue weighted by Crippen LogP contribution is 2.02. The van der Waals surface area contributed by atoms with Gasteiger partial charge in [-0.15, -0.1) is 0 Å². The zero-order chi connectivity index (χ0) is 5.98. The molecule has 0 amide bonds. The van der Waals surface area contributed by atoms with Gasteiger partial charge in [0.2, 0.25) is 0 Å². The number of aromatic amines is 1. The van der Waals surface area contributed by atoms with Gasteiger partial charge in [0.25, 0.3) is 0 Å². The molecule has 1 aromatic rings. The van der Waals surface area contributed by atoms with E-state index in [0.29, 0.717) is 5.82 Å². The van der Waals surface area contributed by atoms with Crippen LogP contribution in [0, 0.1) is 0 Å². The lowest BCUT2D eigenvalue weighted by Crippen LogP contribution is -1.81. The lowest BCUT2D eigenvalue weighted by Gasteiger charge is -1.80. The highest BCUT2D eigenvalue weighted by atomic mass is 14.8. The van der Waals surface area contributed by atoms with Gasteiger partial charge in [0.05, 0.1) is 0 Å². The van der Waals surface area contributed by atoms with Crippen LogP contribution in [0.25, 0.3) is 6.08 Å². The summed E-state index contributed by atoms with van der Waals surface area (Å²) in [5, 5.41) is 0. The smallest absolute Gasteiger partial charge is 0.100 e. The first kappa shape index (κ1) is 4.97. The number of nitrogens with one attached hydrogen (secondary N) is 1. The van der Waals surface area contributed by atoms with Crippen LogP contribution < -0.4 is 5.73 Å². The predicted octanol–water partition coefficient (Wildman–Crippen LogP) is 1.24. The van der Waals surface area contributed by atoms with Crippen LogP contribution in [0.1, 0.15) is 5.69 Å². The summed E-state index contributed by atoms with van der Waals surface area (Å²) >= 11 is 0. The molecule has 0 spiro atoms. The molecular formula is C6H8N2. The number of hydrogen-bond acceptors (Lipinski definition) is 1. The van der Waals surface area contributed by atoms with Crippen LogP contribution in [-0.2, 0) is 0 Å². The van der Waals surface area contributed by atoms with E-state index in [1.807, 2.05) is 6.07 Å². The zero-order valence-electron chi connectivity index (χ0n) is 4.52. The Bertz CT molecular complexity index is 188. The van der Waals surface area contributed by atoms with E-state index >= 15 is 0 Å². The molecule has 0 saturated heterocycles. The highest BCUT2D eigenvalue weighted by Gasteiger charge is 1.85. The van der Waals surface area contributed by atoms with Crippen molar-refractivity contribution in [2.75, 3.05) is 5.73 Å². The van der Waals surface area contributed by atoms with Gasteiger partial charge in [-0.1, -0.05) is 6.58 Å². The first-order valence-corrected chi connectivity index (χ1v) is 2.40. The summed E-state index contributed by atoms with van der Waals surface area (Å²) in [4.78, 5) is 2.89. The van der Waals surface area contributed by atoms with E-state index in [9.17, 15) is 0 Å². The number of H-pyrrole nitrogens is 1. The monoisotopic (exact) mass is 108 g/mol. The Labute approximate surface area is 48.0 Å². The van der Waals surface area contributed by atoms with Crippen LogP contribution in [0.5, 0.6) is 0 Å². The van der Waals surface area contributed by atoms with Crippen LogP contribution >= 0.6 is 0 Å². The van der Waals surface area contributed by atoms with Crippen molar-refractivity contribution in [1.82, 2.24) is 4.98 Å². The van der Waals surface area contributed by atoms with Crippen molar-refractivity contribution in [2.45, 2.75) is 0 Å². The molecule has 0 aliphatic carbocycles. The number of nitrogens with two attached hydrogens (primary N) is 1. The zero-order valence-corrected chi connectivity index (χ0v) is 4.52. The number of rotatable bonds is 1. The summed E-state index contributed by atoms with van der Waals surface area (Å²) in [5.41, 5.74) is 6.31. The minimum Gasteiger partial charge on any atom is -0.385 e. The van der Waals surface area contributed by atoms with Gasteiger partial charge in [-0.25, -0.2) is 0 Å². The molecule has 3 N–H and O–H groups in total. The maximum atomic E-state index is 5.35. The highest BCUT2D eigenvalue weighted by molar-refractivity contribution is 5.47. The van der Waals surface area contributed by atoms with Gasteiger partial charge >= 0.3 is 0 Å². The molecule has 1 aromatic heterocycles. The molecule has 0 aromatic carbocycles. The SMILES string of the molecule is C=Cc1ccc(N)[nH]1. The van der Waals surface area contributed by atoms with Crippen molar-refractivity contribution in [1.29, 1.82) is 0 Å². The molecule has 8 heavy (non-hydrogen) atoms. The van der Waals surface area contributed by atoms with Crippen molar-refractivity contribution in [3.63, 3.8) is 0 Å². The van der Waals surface area contributed by atoms with Gasteiger partial charge in [0, 0.05) is 5.69 Å². The average molecular weight is 108 g/mol. The molecule has 0 bridgehead atoms. The van der Waals surface area contributed by atoms with Gasteiger partial charge < -0.3 is 10.7 Å². The number of hydrogen-bond donors (Lipinski definition) is 2. The van der Waals surface area contributed by atoms with Crippen LogP contribution in [-0.4, -0.2) is 4.98 Å². The van der Waals surface area contributed by atoms with Crippen molar-refractivity contribution < 1.29 is 0 Å². The van der Waals surface area contributed by atoms with Gasteiger partial charge in [0.15, 0.2) is 0 Å². The molecule has 2 nitrogen and oxygen atoms in total. The molecule has 0 aliphatic heterocycles. The summed E-state index contributed by atoms with van der Waals surface area (Å²) in [7, 11) is 0. The molecule has 0 aliphatic rings. The minimum atomic E-state index is 0.680. The standard InChI is InChI=1S/C6H8N2/c1-2-5-3-4-6(7)8-5/h2-4,8H,1,7H2. The summed E-state index contributed by atoms with van der Waals surface area (Å²) in [5.74, 6) is 0.680. The third-order valence-corrected chi connectivity index (χ3v) is 0.951. The normalized spacial score (nSPS) is 9.00. The van der Waals surface area contributed by atoms with Gasteiger partial charge in [-0.3, -0.25) is 0 Å². The Hall–Kier alpha value is -1.18. The fourth-order valence-corrected chi connectivity index (χ4v) is 0.549. The van der Waals surface area contributed by atoms with E-state index in [1.54, 1.807) is 12.1 Å². The largest absolute Gasteiger partial charge is 0.385 e. The van der Waals surface area contributed by atoms with Crippen LogP contribution in [0.4, 0.5) is 5.82 Å². The van der Waals surface area contributed by atoms with Crippen LogP contribution in [0.15, 0.2) is 18.7 Å². The fourth-order valence-electron chi connectivity index (χ4n) is 0.549. The molecule has 0 radical (unpaired) electrons. The van der Waals surface area contributed by atoms with E-state index < -0.39 is 0 Å². The topological polar surface area (TPSA) is 41.8 Å².